The van der Waals surface area contributed by atoms with Crippen molar-refractivity contribution in [1.29, 1.82) is 0 Å². The third-order valence-electron chi connectivity index (χ3n) is 3.04. The number of aryl methyl sites for hydroxylation is 1. The van der Waals surface area contributed by atoms with Gasteiger partial charge in [-0.3, -0.25) is 0 Å². The quantitative estimate of drug-likeness (QED) is 0.740. The average Bonchev–Trinajstić information content (AvgIpc) is 2.50. The van der Waals surface area contributed by atoms with E-state index >= 15 is 0 Å². The van der Waals surface area contributed by atoms with Gasteiger partial charge in [0.15, 0.2) is 6.29 Å². The third-order valence-corrected chi connectivity index (χ3v) is 3.04. The van der Waals surface area contributed by atoms with Crippen LogP contribution in [0.3, 0.4) is 0 Å². The van der Waals surface area contributed by atoms with E-state index in [9.17, 15) is 0 Å². The van der Waals surface area contributed by atoms with Crippen molar-refractivity contribution in [3.05, 3.63) is 35.4 Å². The Morgan fingerprint density at radius 3 is 2.27 bits per heavy atom. The topological polar surface area (TPSA) is 18.5 Å². The number of hydrogen-bond donors (Lipinski definition) is 0. The van der Waals surface area contributed by atoms with Crippen molar-refractivity contribution in [3.8, 4) is 0 Å². The molecule has 1 aromatic rings. The van der Waals surface area contributed by atoms with Crippen molar-refractivity contribution in [2.75, 3.05) is 0 Å². The molecule has 0 unspecified atom stereocenters. The molecule has 0 saturated carbocycles. The molecule has 1 heterocycles. The van der Waals surface area contributed by atoms with E-state index in [1.54, 1.807) is 0 Å². The maximum atomic E-state index is 5.71. The average molecular weight is 206 g/mol. The van der Waals surface area contributed by atoms with Gasteiger partial charge >= 0.3 is 0 Å². The molecule has 2 heteroatoms. The standard InChI is InChI=1S/C13H18O2/c1-9-6-4-5-7-12(9)8-13-14-10(2)11(3)15-13/h4-7,10-11,13H,8H2,1-3H3/t10-,11-/m1/s1. The van der Waals surface area contributed by atoms with Gasteiger partial charge in [0, 0.05) is 6.42 Å². The van der Waals surface area contributed by atoms with Gasteiger partial charge in [-0.05, 0) is 31.9 Å². The van der Waals surface area contributed by atoms with Gasteiger partial charge in [0.1, 0.15) is 0 Å². The first kappa shape index (κ1) is 10.7. The third kappa shape index (κ3) is 2.39. The predicted octanol–water partition coefficient (Wildman–Crippen LogP) is 2.69. The van der Waals surface area contributed by atoms with Crippen molar-refractivity contribution in [3.63, 3.8) is 0 Å². The summed E-state index contributed by atoms with van der Waals surface area (Å²) in [6.45, 7) is 6.24. The summed E-state index contributed by atoms with van der Waals surface area (Å²) in [5.41, 5.74) is 2.61. The van der Waals surface area contributed by atoms with Gasteiger partial charge in [-0.15, -0.1) is 0 Å². The predicted molar refractivity (Wildman–Crippen MR) is 59.8 cm³/mol. The van der Waals surface area contributed by atoms with Crippen LogP contribution in [0.15, 0.2) is 24.3 Å². The Bertz CT molecular complexity index is 325. The van der Waals surface area contributed by atoms with E-state index in [-0.39, 0.29) is 18.5 Å². The first-order chi connectivity index (χ1) is 7.16. The molecule has 15 heavy (non-hydrogen) atoms. The molecule has 1 saturated heterocycles. The van der Waals surface area contributed by atoms with E-state index in [1.165, 1.54) is 11.1 Å². The zero-order chi connectivity index (χ0) is 10.8. The highest BCUT2D eigenvalue weighted by molar-refractivity contribution is 5.25. The second kappa shape index (κ2) is 4.33. The van der Waals surface area contributed by atoms with Crippen molar-refractivity contribution in [2.24, 2.45) is 0 Å². The highest BCUT2D eigenvalue weighted by Crippen LogP contribution is 2.22. The molecule has 1 aliphatic heterocycles. The van der Waals surface area contributed by atoms with Gasteiger partial charge in [0.2, 0.25) is 0 Å². The minimum absolute atomic E-state index is 0.0731. The van der Waals surface area contributed by atoms with Crippen LogP contribution in [0.4, 0.5) is 0 Å². The number of benzene rings is 1. The highest BCUT2D eigenvalue weighted by Gasteiger charge is 2.29. The summed E-state index contributed by atoms with van der Waals surface area (Å²) in [5, 5.41) is 0. The van der Waals surface area contributed by atoms with Crippen LogP contribution in [0.25, 0.3) is 0 Å². The molecular weight excluding hydrogens is 188 g/mol. The van der Waals surface area contributed by atoms with Gasteiger partial charge in [-0.2, -0.15) is 0 Å². The summed E-state index contributed by atoms with van der Waals surface area (Å²) in [7, 11) is 0. The lowest BCUT2D eigenvalue weighted by atomic mass is 10.1. The molecule has 0 bridgehead atoms. The minimum Gasteiger partial charge on any atom is -0.347 e. The molecule has 2 atom stereocenters. The highest BCUT2D eigenvalue weighted by atomic mass is 16.7. The Hall–Kier alpha value is -0.860. The van der Waals surface area contributed by atoms with E-state index in [4.69, 9.17) is 9.47 Å². The zero-order valence-electron chi connectivity index (χ0n) is 9.57. The Kier molecular flexibility index (Phi) is 3.08. The fraction of sp³-hybridized carbons (Fsp3) is 0.538. The van der Waals surface area contributed by atoms with Crippen LogP contribution in [0, 0.1) is 6.92 Å². The van der Waals surface area contributed by atoms with Crippen LogP contribution in [0.5, 0.6) is 0 Å². The van der Waals surface area contributed by atoms with Crippen LogP contribution >= 0.6 is 0 Å². The number of rotatable bonds is 2. The summed E-state index contributed by atoms with van der Waals surface area (Å²) in [4.78, 5) is 0. The van der Waals surface area contributed by atoms with Crippen molar-refractivity contribution < 1.29 is 9.47 Å². The minimum atomic E-state index is -0.0731. The summed E-state index contributed by atoms with van der Waals surface area (Å²) in [6, 6.07) is 8.37. The maximum Gasteiger partial charge on any atom is 0.162 e. The maximum absolute atomic E-state index is 5.71. The molecule has 2 rings (SSSR count). The van der Waals surface area contributed by atoms with E-state index in [0.29, 0.717) is 0 Å². The molecule has 2 nitrogen and oxygen atoms in total. The normalized spacial score (nSPS) is 27.1. The van der Waals surface area contributed by atoms with Crippen molar-refractivity contribution in [1.82, 2.24) is 0 Å². The Balaban J connectivity index is 2.01. The van der Waals surface area contributed by atoms with E-state index < -0.39 is 0 Å². The Labute approximate surface area is 91.2 Å². The fourth-order valence-electron chi connectivity index (χ4n) is 1.85. The van der Waals surface area contributed by atoms with Gasteiger partial charge < -0.3 is 9.47 Å². The second-order valence-electron chi connectivity index (χ2n) is 4.24. The summed E-state index contributed by atoms with van der Waals surface area (Å²) < 4.78 is 11.4. The first-order valence-electron chi connectivity index (χ1n) is 5.52. The fourth-order valence-corrected chi connectivity index (χ4v) is 1.85. The molecule has 1 aromatic carbocycles. The monoisotopic (exact) mass is 206 g/mol. The summed E-state index contributed by atoms with van der Waals surface area (Å²) >= 11 is 0. The van der Waals surface area contributed by atoms with Gasteiger partial charge in [0.05, 0.1) is 12.2 Å². The molecule has 0 aromatic heterocycles. The first-order valence-corrected chi connectivity index (χ1v) is 5.52. The molecular formula is C13H18O2. The molecule has 0 spiro atoms. The van der Waals surface area contributed by atoms with Crippen LogP contribution in [0.1, 0.15) is 25.0 Å². The van der Waals surface area contributed by atoms with Crippen LogP contribution in [-0.2, 0) is 15.9 Å². The summed E-state index contributed by atoms with van der Waals surface area (Å²) in [6.07, 6.45) is 1.19. The molecule has 1 fully saturated rings. The lowest BCUT2D eigenvalue weighted by Gasteiger charge is -2.11. The van der Waals surface area contributed by atoms with Crippen LogP contribution < -0.4 is 0 Å². The molecule has 82 valence electrons. The zero-order valence-corrected chi connectivity index (χ0v) is 9.57. The number of ether oxygens (including phenoxy) is 2. The van der Waals surface area contributed by atoms with E-state index in [2.05, 4.69) is 45.0 Å². The molecule has 0 aliphatic carbocycles. The second-order valence-corrected chi connectivity index (χ2v) is 4.24. The Morgan fingerprint density at radius 2 is 1.67 bits per heavy atom. The largest absolute Gasteiger partial charge is 0.347 e. The summed E-state index contributed by atoms with van der Waals surface area (Å²) in [5.74, 6) is 0. The molecule has 0 radical (unpaired) electrons. The van der Waals surface area contributed by atoms with Crippen molar-refractivity contribution >= 4 is 0 Å². The van der Waals surface area contributed by atoms with E-state index in [1.807, 2.05) is 0 Å². The van der Waals surface area contributed by atoms with Crippen LogP contribution in [-0.4, -0.2) is 18.5 Å². The molecule has 0 amide bonds. The molecule has 0 N–H and O–H groups in total. The van der Waals surface area contributed by atoms with E-state index in [0.717, 1.165) is 6.42 Å². The Morgan fingerprint density at radius 1 is 1.07 bits per heavy atom. The SMILES string of the molecule is Cc1ccccc1CC1O[C@H](C)[C@@H](C)O1. The van der Waals surface area contributed by atoms with Gasteiger partial charge in [0.25, 0.3) is 0 Å². The van der Waals surface area contributed by atoms with Gasteiger partial charge in [-0.25, -0.2) is 0 Å². The number of hydrogen-bond acceptors (Lipinski definition) is 2. The lowest BCUT2D eigenvalue weighted by molar-refractivity contribution is -0.0608. The molecule has 1 aliphatic rings. The van der Waals surface area contributed by atoms with Crippen LogP contribution in [0.2, 0.25) is 0 Å². The van der Waals surface area contributed by atoms with Gasteiger partial charge in [-0.1, -0.05) is 24.3 Å². The lowest BCUT2D eigenvalue weighted by Crippen LogP contribution is -2.13. The smallest absolute Gasteiger partial charge is 0.162 e. The van der Waals surface area contributed by atoms with Crippen molar-refractivity contribution in [2.45, 2.75) is 45.7 Å².